The summed E-state index contributed by atoms with van der Waals surface area (Å²) in [5.74, 6) is 0.602. The molecule has 3 rings (SSSR count). The van der Waals surface area contributed by atoms with Crippen molar-refractivity contribution in [1.29, 1.82) is 0 Å². The van der Waals surface area contributed by atoms with E-state index < -0.39 is 0 Å². The third-order valence-electron chi connectivity index (χ3n) is 4.45. The molecule has 0 saturated heterocycles. The number of nitrogens with zero attached hydrogens (tertiary/aromatic N) is 1. The minimum Gasteiger partial charge on any atom is -0.361 e. The Labute approximate surface area is 118 Å². The Balaban J connectivity index is 1.92. The molecule has 0 amide bonds. The average molecular weight is 272 g/mol. The molecular weight excluding hydrogens is 252 g/mol. The number of nitrogens with one attached hydrogen (secondary N) is 1. The summed E-state index contributed by atoms with van der Waals surface area (Å²) >= 11 is 0. The first kappa shape index (κ1) is 13.2. The van der Waals surface area contributed by atoms with Gasteiger partial charge in [0.25, 0.3) is 5.69 Å². The lowest BCUT2D eigenvalue weighted by atomic mass is 9.86. The summed E-state index contributed by atoms with van der Waals surface area (Å²) in [7, 11) is 0. The molecule has 20 heavy (non-hydrogen) atoms. The molecule has 1 saturated carbocycles. The van der Waals surface area contributed by atoms with E-state index in [-0.39, 0.29) is 10.6 Å². The molecule has 4 nitrogen and oxygen atoms in total. The van der Waals surface area contributed by atoms with E-state index in [9.17, 15) is 10.1 Å². The zero-order valence-electron chi connectivity index (χ0n) is 11.6. The lowest BCUT2D eigenvalue weighted by molar-refractivity contribution is -0.384. The summed E-state index contributed by atoms with van der Waals surface area (Å²) in [5, 5.41) is 12.0. The van der Waals surface area contributed by atoms with Gasteiger partial charge in [-0.15, -0.1) is 0 Å². The molecule has 0 unspecified atom stereocenters. The molecule has 0 bridgehead atoms. The van der Waals surface area contributed by atoms with Gasteiger partial charge < -0.3 is 4.98 Å². The standard InChI is InChI=1S/C16H20N2O2/c19-18(20)13-8-9-14-15(11-17-16(14)10-13)12-6-4-2-1-3-5-7-12/h8-12,17H,1-7H2. The van der Waals surface area contributed by atoms with Crippen molar-refractivity contribution in [1.82, 2.24) is 4.98 Å². The van der Waals surface area contributed by atoms with Crippen LogP contribution in [0.3, 0.4) is 0 Å². The van der Waals surface area contributed by atoms with Crippen molar-refractivity contribution in [3.05, 3.63) is 40.1 Å². The highest BCUT2D eigenvalue weighted by Crippen LogP contribution is 2.35. The third kappa shape index (κ3) is 2.55. The van der Waals surface area contributed by atoms with Crippen LogP contribution in [-0.2, 0) is 0 Å². The van der Waals surface area contributed by atoms with Crippen LogP contribution >= 0.6 is 0 Å². The first-order valence-corrected chi connectivity index (χ1v) is 7.51. The van der Waals surface area contributed by atoms with Crippen LogP contribution in [0.4, 0.5) is 5.69 Å². The minimum atomic E-state index is -0.338. The van der Waals surface area contributed by atoms with E-state index >= 15 is 0 Å². The van der Waals surface area contributed by atoms with Gasteiger partial charge in [0.2, 0.25) is 0 Å². The Bertz CT molecular complexity index is 610. The summed E-state index contributed by atoms with van der Waals surface area (Å²) in [5.41, 5.74) is 2.39. The van der Waals surface area contributed by atoms with Crippen molar-refractivity contribution in [3.8, 4) is 0 Å². The first-order chi connectivity index (χ1) is 9.75. The number of non-ortho nitro benzene ring substituents is 1. The number of nitro benzene ring substituents is 1. The van der Waals surface area contributed by atoms with Crippen molar-refractivity contribution in [2.24, 2.45) is 0 Å². The molecule has 2 aromatic rings. The van der Waals surface area contributed by atoms with Gasteiger partial charge in [-0.3, -0.25) is 10.1 Å². The maximum absolute atomic E-state index is 10.8. The van der Waals surface area contributed by atoms with E-state index in [1.54, 1.807) is 12.1 Å². The predicted octanol–water partition coefficient (Wildman–Crippen LogP) is 4.90. The van der Waals surface area contributed by atoms with Crippen LogP contribution in [0.2, 0.25) is 0 Å². The maximum atomic E-state index is 10.8. The summed E-state index contributed by atoms with van der Waals surface area (Å²) in [6.07, 6.45) is 11.2. The van der Waals surface area contributed by atoms with Gasteiger partial charge >= 0.3 is 0 Å². The van der Waals surface area contributed by atoms with Gasteiger partial charge in [-0.2, -0.15) is 0 Å². The van der Waals surface area contributed by atoms with Gasteiger partial charge in [-0.1, -0.05) is 32.1 Å². The molecule has 0 atom stereocenters. The summed E-state index contributed by atoms with van der Waals surface area (Å²) in [6, 6.07) is 5.16. The highest BCUT2D eigenvalue weighted by atomic mass is 16.6. The SMILES string of the molecule is O=[N+]([O-])c1ccc2c(C3CCCCCCC3)c[nH]c2c1. The molecule has 1 fully saturated rings. The average Bonchev–Trinajstić information content (AvgIpc) is 2.81. The lowest BCUT2D eigenvalue weighted by Crippen LogP contribution is -2.01. The van der Waals surface area contributed by atoms with Crippen LogP contribution in [0.1, 0.15) is 56.4 Å². The molecule has 1 aliphatic carbocycles. The fourth-order valence-electron chi connectivity index (χ4n) is 3.36. The van der Waals surface area contributed by atoms with Crippen molar-refractivity contribution >= 4 is 16.6 Å². The Kier molecular flexibility index (Phi) is 3.72. The largest absolute Gasteiger partial charge is 0.361 e. The number of rotatable bonds is 2. The maximum Gasteiger partial charge on any atom is 0.271 e. The second-order valence-corrected chi connectivity index (χ2v) is 5.77. The molecule has 106 valence electrons. The van der Waals surface area contributed by atoms with Gasteiger partial charge in [0.15, 0.2) is 0 Å². The van der Waals surface area contributed by atoms with Crippen LogP contribution in [-0.4, -0.2) is 9.91 Å². The number of aromatic amines is 1. The van der Waals surface area contributed by atoms with Crippen LogP contribution in [0.25, 0.3) is 10.9 Å². The quantitative estimate of drug-likeness (QED) is 0.624. The molecule has 0 aliphatic heterocycles. The fraction of sp³-hybridized carbons (Fsp3) is 0.500. The zero-order valence-corrected chi connectivity index (χ0v) is 11.6. The van der Waals surface area contributed by atoms with Crippen LogP contribution < -0.4 is 0 Å². The number of nitro groups is 1. The van der Waals surface area contributed by atoms with Gasteiger partial charge in [0.05, 0.1) is 10.4 Å². The second-order valence-electron chi connectivity index (χ2n) is 5.77. The van der Waals surface area contributed by atoms with Crippen molar-refractivity contribution < 1.29 is 4.92 Å². The molecular formula is C16H20N2O2. The van der Waals surface area contributed by atoms with Crippen molar-refractivity contribution in [2.75, 3.05) is 0 Å². The molecule has 4 heteroatoms. The topological polar surface area (TPSA) is 58.9 Å². The number of benzene rings is 1. The smallest absolute Gasteiger partial charge is 0.271 e. The molecule has 0 radical (unpaired) electrons. The van der Waals surface area contributed by atoms with Crippen LogP contribution in [0, 0.1) is 10.1 Å². The summed E-state index contributed by atoms with van der Waals surface area (Å²) < 4.78 is 0. The van der Waals surface area contributed by atoms with E-state index in [1.807, 2.05) is 6.07 Å². The Hall–Kier alpha value is -1.84. The number of aromatic nitrogens is 1. The normalized spacial score (nSPS) is 17.8. The molecule has 1 aromatic heterocycles. The van der Waals surface area contributed by atoms with Crippen LogP contribution in [0.15, 0.2) is 24.4 Å². The second kappa shape index (κ2) is 5.65. The predicted molar refractivity (Wildman–Crippen MR) is 80.0 cm³/mol. The van der Waals surface area contributed by atoms with Gasteiger partial charge in [0.1, 0.15) is 0 Å². The van der Waals surface area contributed by atoms with Gasteiger partial charge in [0, 0.05) is 23.7 Å². The van der Waals surface area contributed by atoms with E-state index in [0.717, 1.165) is 10.9 Å². The minimum absolute atomic E-state index is 0.156. The van der Waals surface area contributed by atoms with E-state index in [2.05, 4.69) is 11.2 Å². The lowest BCUT2D eigenvalue weighted by Gasteiger charge is -2.19. The van der Waals surface area contributed by atoms with E-state index in [4.69, 9.17) is 0 Å². The monoisotopic (exact) mass is 272 g/mol. The van der Waals surface area contributed by atoms with Gasteiger partial charge in [-0.25, -0.2) is 0 Å². The fourth-order valence-corrected chi connectivity index (χ4v) is 3.36. The number of hydrogen-bond donors (Lipinski definition) is 1. The molecule has 1 N–H and O–H groups in total. The molecule has 1 heterocycles. The Morgan fingerprint density at radius 2 is 1.80 bits per heavy atom. The van der Waals surface area contributed by atoms with Crippen molar-refractivity contribution in [2.45, 2.75) is 50.9 Å². The highest BCUT2D eigenvalue weighted by Gasteiger charge is 2.18. The Morgan fingerprint density at radius 1 is 1.10 bits per heavy atom. The molecule has 1 aromatic carbocycles. The van der Waals surface area contributed by atoms with Gasteiger partial charge in [-0.05, 0) is 30.4 Å². The third-order valence-corrected chi connectivity index (χ3v) is 4.45. The van der Waals surface area contributed by atoms with Crippen molar-refractivity contribution in [3.63, 3.8) is 0 Å². The Morgan fingerprint density at radius 3 is 2.50 bits per heavy atom. The first-order valence-electron chi connectivity index (χ1n) is 7.51. The summed E-state index contributed by atoms with van der Waals surface area (Å²) in [6.45, 7) is 0. The number of fused-ring (bicyclic) bond motifs is 1. The molecule has 1 aliphatic rings. The number of hydrogen-bond acceptors (Lipinski definition) is 2. The highest BCUT2D eigenvalue weighted by molar-refractivity contribution is 5.85. The van der Waals surface area contributed by atoms with E-state index in [0.29, 0.717) is 5.92 Å². The van der Waals surface area contributed by atoms with Crippen LogP contribution in [0.5, 0.6) is 0 Å². The van der Waals surface area contributed by atoms with E-state index in [1.165, 1.54) is 50.5 Å². The number of H-pyrrole nitrogens is 1. The zero-order chi connectivity index (χ0) is 13.9. The molecule has 0 spiro atoms. The summed E-state index contributed by atoms with van der Waals surface area (Å²) in [4.78, 5) is 13.7.